The highest BCUT2D eigenvalue weighted by Gasteiger charge is 2.16. The molecule has 0 aliphatic heterocycles. The van der Waals surface area contributed by atoms with Gasteiger partial charge in [0, 0.05) is 0 Å². The van der Waals surface area contributed by atoms with Crippen molar-refractivity contribution in [1.29, 1.82) is 0 Å². The summed E-state index contributed by atoms with van der Waals surface area (Å²) in [5.74, 6) is -0.0102. The topological polar surface area (TPSA) is 67.4 Å². The number of carbonyl (C=O) groups excluding carboxylic acids is 2. The fraction of sp³-hybridized carbons (Fsp3) is 0.200. The van der Waals surface area contributed by atoms with Gasteiger partial charge in [0.25, 0.3) is 11.8 Å². The zero-order valence-electron chi connectivity index (χ0n) is 17.5. The molecule has 0 bridgehead atoms. The molecule has 0 aliphatic rings. The van der Waals surface area contributed by atoms with E-state index in [-0.39, 0.29) is 24.5 Å². The van der Waals surface area contributed by atoms with Gasteiger partial charge in [0.2, 0.25) is 0 Å². The Balaban J connectivity index is 1.63. The largest absolute Gasteiger partial charge is 0.483 e. The molecular formula is C25H25BrN2O3. The number of halogens is 1. The number of para-hydroxylation sites is 1. The molecule has 31 heavy (non-hydrogen) atoms. The van der Waals surface area contributed by atoms with Crippen molar-refractivity contribution in [2.45, 2.75) is 26.3 Å². The number of anilines is 1. The molecule has 2 amide bonds. The van der Waals surface area contributed by atoms with Crippen molar-refractivity contribution in [2.24, 2.45) is 0 Å². The molecule has 6 heteroatoms. The van der Waals surface area contributed by atoms with Gasteiger partial charge >= 0.3 is 0 Å². The Kier molecular flexibility index (Phi) is 7.84. The van der Waals surface area contributed by atoms with Crippen LogP contribution in [0.25, 0.3) is 0 Å². The number of benzene rings is 3. The fourth-order valence-electron chi connectivity index (χ4n) is 3.10. The van der Waals surface area contributed by atoms with E-state index in [2.05, 4.69) is 33.5 Å². The maximum Gasteiger partial charge on any atom is 0.262 e. The Morgan fingerprint density at radius 2 is 1.71 bits per heavy atom. The molecule has 3 aromatic carbocycles. The summed E-state index contributed by atoms with van der Waals surface area (Å²) in [4.78, 5) is 25.3. The minimum atomic E-state index is -0.345. The summed E-state index contributed by atoms with van der Waals surface area (Å²) < 4.78 is 6.43. The highest BCUT2D eigenvalue weighted by Crippen LogP contribution is 2.26. The molecule has 2 N–H and O–H groups in total. The number of hydrogen-bond acceptors (Lipinski definition) is 3. The number of carbonyl (C=O) groups is 2. The summed E-state index contributed by atoms with van der Waals surface area (Å²) in [6.45, 7) is 3.83. The highest BCUT2D eigenvalue weighted by molar-refractivity contribution is 9.10. The Labute approximate surface area is 191 Å². The summed E-state index contributed by atoms with van der Waals surface area (Å²) >= 11 is 3.47. The lowest BCUT2D eigenvalue weighted by molar-refractivity contribution is -0.118. The summed E-state index contributed by atoms with van der Waals surface area (Å²) in [5, 5.41) is 5.75. The van der Waals surface area contributed by atoms with E-state index in [4.69, 9.17) is 4.74 Å². The van der Waals surface area contributed by atoms with E-state index in [0.717, 1.165) is 16.5 Å². The molecule has 0 spiro atoms. The second-order valence-corrected chi connectivity index (χ2v) is 7.96. The highest BCUT2D eigenvalue weighted by atomic mass is 79.9. The van der Waals surface area contributed by atoms with E-state index in [1.165, 1.54) is 5.56 Å². The lowest BCUT2D eigenvalue weighted by Gasteiger charge is -2.16. The molecule has 0 saturated heterocycles. The quantitative estimate of drug-likeness (QED) is 0.445. The van der Waals surface area contributed by atoms with Crippen LogP contribution >= 0.6 is 15.9 Å². The average Bonchev–Trinajstić information content (AvgIpc) is 2.79. The maximum atomic E-state index is 12.8. The first-order chi connectivity index (χ1) is 15.0. The third-order valence-electron chi connectivity index (χ3n) is 4.86. The Bertz CT molecular complexity index is 1050. The Morgan fingerprint density at radius 1 is 1.00 bits per heavy atom. The SMILES string of the molecule is CCc1ccc(OCC(=O)Nc2ccccc2C(=O)N[C@H](C)c2ccccc2)c(Br)c1. The number of amides is 2. The first-order valence-corrected chi connectivity index (χ1v) is 10.9. The number of ether oxygens (including phenoxy) is 1. The van der Waals surface area contributed by atoms with Crippen LogP contribution in [0.1, 0.15) is 41.4 Å². The van der Waals surface area contributed by atoms with Crippen LogP contribution < -0.4 is 15.4 Å². The molecule has 0 saturated carbocycles. The average molecular weight is 481 g/mol. The van der Waals surface area contributed by atoms with Crippen LogP contribution in [-0.2, 0) is 11.2 Å². The van der Waals surface area contributed by atoms with Gasteiger partial charge in [-0.1, -0.05) is 55.5 Å². The van der Waals surface area contributed by atoms with Crippen molar-refractivity contribution in [1.82, 2.24) is 5.32 Å². The van der Waals surface area contributed by atoms with Crippen LogP contribution in [-0.4, -0.2) is 18.4 Å². The summed E-state index contributed by atoms with van der Waals surface area (Å²) in [7, 11) is 0. The van der Waals surface area contributed by atoms with Crippen molar-refractivity contribution >= 4 is 33.4 Å². The van der Waals surface area contributed by atoms with Gasteiger partial charge in [0.15, 0.2) is 6.61 Å². The Hall–Kier alpha value is -3.12. The third-order valence-corrected chi connectivity index (χ3v) is 5.48. The standard InChI is InChI=1S/C25H25BrN2O3/c1-3-18-13-14-23(21(26)15-18)31-16-24(29)28-22-12-8-7-11-20(22)25(30)27-17(2)19-9-5-4-6-10-19/h4-15,17H,3,16H2,1-2H3,(H,27,30)(H,28,29)/t17-/m1/s1. The zero-order chi connectivity index (χ0) is 22.2. The van der Waals surface area contributed by atoms with E-state index in [1.807, 2.05) is 55.5 Å². The number of nitrogens with one attached hydrogen (secondary N) is 2. The smallest absolute Gasteiger partial charge is 0.262 e. The van der Waals surface area contributed by atoms with E-state index in [1.54, 1.807) is 24.3 Å². The van der Waals surface area contributed by atoms with Crippen LogP contribution in [0.3, 0.4) is 0 Å². The van der Waals surface area contributed by atoms with E-state index in [0.29, 0.717) is 17.0 Å². The van der Waals surface area contributed by atoms with Crippen LogP contribution in [0.5, 0.6) is 5.75 Å². The molecule has 0 heterocycles. The molecule has 1 atom stereocenters. The van der Waals surface area contributed by atoms with Crippen molar-refractivity contribution in [3.05, 3.63) is 94.0 Å². The zero-order valence-corrected chi connectivity index (χ0v) is 19.1. The maximum absolute atomic E-state index is 12.8. The van der Waals surface area contributed by atoms with Crippen molar-refractivity contribution in [3.8, 4) is 5.75 Å². The van der Waals surface area contributed by atoms with Gasteiger partial charge in [0.05, 0.1) is 21.8 Å². The van der Waals surface area contributed by atoms with Gasteiger partial charge in [-0.15, -0.1) is 0 Å². The second kappa shape index (κ2) is 10.8. The van der Waals surface area contributed by atoms with Crippen molar-refractivity contribution in [3.63, 3.8) is 0 Å². The first kappa shape index (κ1) is 22.6. The van der Waals surface area contributed by atoms with Crippen LogP contribution in [0.4, 0.5) is 5.69 Å². The van der Waals surface area contributed by atoms with Crippen LogP contribution in [0.2, 0.25) is 0 Å². The number of rotatable bonds is 8. The molecule has 3 aromatic rings. The van der Waals surface area contributed by atoms with Gasteiger partial charge in [-0.05, 0) is 64.7 Å². The third kappa shape index (κ3) is 6.18. The summed E-state index contributed by atoms with van der Waals surface area (Å²) in [6.07, 6.45) is 0.918. The molecule has 0 radical (unpaired) electrons. The summed E-state index contributed by atoms with van der Waals surface area (Å²) in [5.41, 5.74) is 3.01. The molecule has 0 aliphatic carbocycles. The molecule has 0 fully saturated rings. The number of hydrogen-bond donors (Lipinski definition) is 2. The van der Waals surface area contributed by atoms with E-state index < -0.39 is 0 Å². The van der Waals surface area contributed by atoms with Gasteiger partial charge in [0.1, 0.15) is 5.75 Å². The molecule has 5 nitrogen and oxygen atoms in total. The van der Waals surface area contributed by atoms with Gasteiger partial charge in [-0.2, -0.15) is 0 Å². The fourth-order valence-corrected chi connectivity index (χ4v) is 3.64. The van der Waals surface area contributed by atoms with Crippen molar-refractivity contribution < 1.29 is 14.3 Å². The molecule has 160 valence electrons. The van der Waals surface area contributed by atoms with E-state index in [9.17, 15) is 9.59 Å². The summed E-state index contributed by atoms with van der Waals surface area (Å²) in [6, 6.07) is 22.2. The van der Waals surface area contributed by atoms with E-state index >= 15 is 0 Å². The molecule has 0 unspecified atom stereocenters. The van der Waals surface area contributed by atoms with Crippen LogP contribution in [0, 0.1) is 0 Å². The monoisotopic (exact) mass is 480 g/mol. The lowest BCUT2D eigenvalue weighted by Crippen LogP contribution is -2.28. The predicted octanol–water partition coefficient (Wildman–Crippen LogP) is 5.52. The van der Waals surface area contributed by atoms with Crippen LogP contribution in [0.15, 0.2) is 77.3 Å². The lowest BCUT2D eigenvalue weighted by atomic mass is 10.1. The first-order valence-electron chi connectivity index (χ1n) is 10.1. The number of aryl methyl sites for hydroxylation is 1. The Morgan fingerprint density at radius 3 is 2.42 bits per heavy atom. The molecule has 3 rings (SSSR count). The molecular weight excluding hydrogens is 456 g/mol. The normalized spacial score (nSPS) is 11.5. The predicted molar refractivity (Wildman–Crippen MR) is 126 cm³/mol. The minimum Gasteiger partial charge on any atom is -0.483 e. The van der Waals surface area contributed by atoms with Gasteiger partial charge in [-0.25, -0.2) is 0 Å². The van der Waals surface area contributed by atoms with Gasteiger partial charge in [-0.3, -0.25) is 9.59 Å². The van der Waals surface area contributed by atoms with Gasteiger partial charge < -0.3 is 15.4 Å². The van der Waals surface area contributed by atoms with Crippen molar-refractivity contribution in [2.75, 3.05) is 11.9 Å². The second-order valence-electron chi connectivity index (χ2n) is 7.11. The minimum absolute atomic E-state index is 0.163. The molecule has 0 aromatic heterocycles.